The lowest BCUT2D eigenvalue weighted by molar-refractivity contribution is -0.127. The van der Waals surface area contributed by atoms with Gasteiger partial charge in [-0.3, -0.25) is 9.69 Å². The Balaban J connectivity index is 1.13. The Labute approximate surface area is 220 Å². The van der Waals surface area contributed by atoms with Gasteiger partial charge in [0.05, 0.1) is 5.69 Å². The molecule has 0 atom stereocenters. The van der Waals surface area contributed by atoms with E-state index in [9.17, 15) is 9.59 Å². The first-order valence-corrected chi connectivity index (χ1v) is 14.1. The summed E-state index contributed by atoms with van der Waals surface area (Å²) in [6.07, 6.45) is 9.67. The number of imide groups is 1. The van der Waals surface area contributed by atoms with Crippen LogP contribution in [0.2, 0.25) is 0 Å². The van der Waals surface area contributed by atoms with Gasteiger partial charge in [-0.05, 0) is 92.8 Å². The zero-order valence-electron chi connectivity index (χ0n) is 22.0. The van der Waals surface area contributed by atoms with Crippen LogP contribution in [0.15, 0.2) is 54.6 Å². The Hall–Kier alpha value is -3.12. The summed E-state index contributed by atoms with van der Waals surface area (Å²) in [5.41, 5.74) is 5.15. The van der Waals surface area contributed by atoms with E-state index < -0.39 is 5.54 Å². The van der Waals surface area contributed by atoms with Gasteiger partial charge in [0.25, 0.3) is 5.91 Å². The lowest BCUT2D eigenvalue weighted by atomic mass is 9.85. The van der Waals surface area contributed by atoms with E-state index in [0.29, 0.717) is 25.1 Å². The first-order valence-electron chi connectivity index (χ1n) is 14.1. The van der Waals surface area contributed by atoms with Crippen LogP contribution >= 0.6 is 0 Å². The molecule has 2 aromatic rings. The van der Waals surface area contributed by atoms with Crippen LogP contribution < -0.4 is 9.80 Å². The first-order chi connectivity index (χ1) is 18.1. The lowest BCUT2D eigenvalue weighted by Crippen LogP contribution is -2.56. The number of amides is 3. The molecule has 3 heterocycles. The minimum absolute atomic E-state index is 0.0539. The highest BCUT2D eigenvalue weighted by molar-refractivity contribution is 6.23. The minimum atomic E-state index is -0.728. The van der Waals surface area contributed by atoms with Crippen LogP contribution in [0.4, 0.5) is 16.2 Å². The number of hydrogen-bond acceptors (Lipinski definition) is 4. The van der Waals surface area contributed by atoms with E-state index in [0.717, 1.165) is 45.6 Å². The molecular weight excluding hydrogens is 460 g/mol. The molecule has 3 aliphatic heterocycles. The average molecular weight is 499 g/mol. The summed E-state index contributed by atoms with van der Waals surface area (Å²) in [6.45, 7) is 7.35. The molecule has 0 radical (unpaired) electrons. The van der Waals surface area contributed by atoms with Crippen molar-refractivity contribution in [3.8, 4) is 0 Å². The molecule has 2 aromatic carbocycles. The Morgan fingerprint density at radius 3 is 2.11 bits per heavy atom. The van der Waals surface area contributed by atoms with E-state index in [2.05, 4.69) is 52.3 Å². The number of rotatable bonds is 6. The van der Waals surface area contributed by atoms with Gasteiger partial charge in [0, 0.05) is 45.0 Å². The number of piperidine rings is 1. The summed E-state index contributed by atoms with van der Waals surface area (Å²) in [4.78, 5) is 35.5. The van der Waals surface area contributed by atoms with Crippen LogP contribution in [0.5, 0.6) is 0 Å². The van der Waals surface area contributed by atoms with Crippen molar-refractivity contribution < 1.29 is 9.59 Å². The fourth-order valence-corrected chi connectivity index (χ4v) is 6.75. The van der Waals surface area contributed by atoms with Crippen molar-refractivity contribution in [1.29, 1.82) is 0 Å². The van der Waals surface area contributed by atoms with Gasteiger partial charge in [0.2, 0.25) is 0 Å². The number of allylic oxidation sites excluding steroid dienone is 2. The second-order valence-corrected chi connectivity index (χ2v) is 11.0. The number of nitrogens with zero attached hydrogens (tertiary/aromatic N) is 4. The van der Waals surface area contributed by atoms with Crippen molar-refractivity contribution in [3.63, 3.8) is 0 Å². The number of hydrogen-bond donors (Lipinski definition) is 0. The van der Waals surface area contributed by atoms with Gasteiger partial charge in [-0.1, -0.05) is 30.3 Å². The third kappa shape index (κ3) is 4.35. The van der Waals surface area contributed by atoms with Gasteiger partial charge < -0.3 is 9.80 Å². The maximum absolute atomic E-state index is 13.9. The van der Waals surface area contributed by atoms with Crippen LogP contribution in [0.25, 0.3) is 5.57 Å². The van der Waals surface area contributed by atoms with Crippen molar-refractivity contribution in [2.24, 2.45) is 0 Å². The quantitative estimate of drug-likeness (QED) is 0.481. The Bertz CT molecular complexity index is 1170. The molecule has 0 N–H and O–H groups in total. The molecule has 4 aliphatic rings. The third-order valence-electron chi connectivity index (χ3n) is 8.89. The third-order valence-corrected chi connectivity index (χ3v) is 8.89. The Morgan fingerprint density at radius 2 is 1.49 bits per heavy atom. The summed E-state index contributed by atoms with van der Waals surface area (Å²) < 4.78 is 0. The number of likely N-dealkylation sites (N-methyl/N-ethyl adjacent to an activating group) is 1. The van der Waals surface area contributed by atoms with Crippen LogP contribution in [0, 0.1) is 0 Å². The predicted molar refractivity (Wildman–Crippen MR) is 149 cm³/mol. The molecule has 3 amide bonds. The summed E-state index contributed by atoms with van der Waals surface area (Å²) in [6, 6.07) is 16.8. The van der Waals surface area contributed by atoms with Crippen LogP contribution in [0.3, 0.4) is 0 Å². The summed E-state index contributed by atoms with van der Waals surface area (Å²) in [7, 11) is 0. The van der Waals surface area contributed by atoms with Crippen molar-refractivity contribution >= 4 is 28.9 Å². The lowest BCUT2D eigenvalue weighted by Gasteiger charge is -2.41. The fraction of sp³-hybridized carbons (Fsp3) is 0.484. The molecule has 6 rings (SSSR count). The molecule has 37 heavy (non-hydrogen) atoms. The van der Waals surface area contributed by atoms with E-state index in [1.54, 1.807) is 0 Å². The van der Waals surface area contributed by atoms with Crippen molar-refractivity contribution in [3.05, 3.63) is 65.7 Å². The van der Waals surface area contributed by atoms with Gasteiger partial charge in [-0.25, -0.2) is 9.69 Å². The van der Waals surface area contributed by atoms with E-state index >= 15 is 0 Å². The molecular formula is C31H38N4O2. The zero-order chi connectivity index (χ0) is 25.4. The van der Waals surface area contributed by atoms with Crippen LogP contribution in [-0.4, -0.2) is 60.0 Å². The molecule has 0 saturated carbocycles. The number of likely N-dealkylation sites (tertiary alicyclic amines) is 1. The smallest absolute Gasteiger partial charge is 0.332 e. The largest absolute Gasteiger partial charge is 0.372 e. The minimum Gasteiger partial charge on any atom is -0.372 e. The highest BCUT2D eigenvalue weighted by Gasteiger charge is 2.57. The molecule has 194 valence electrons. The SMILES string of the molecule is CCN1C(=O)N(c2ccc(C3=CCCC3)cc2)C(=O)C12CCN(Cc1ccc(N3CCCC3)cc1)CC2. The second kappa shape index (κ2) is 9.97. The summed E-state index contributed by atoms with van der Waals surface area (Å²) in [5.74, 6) is -0.0539. The van der Waals surface area contributed by atoms with Gasteiger partial charge in [-0.15, -0.1) is 0 Å². The number of benzene rings is 2. The summed E-state index contributed by atoms with van der Waals surface area (Å²) >= 11 is 0. The van der Waals surface area contributed by atoms with Crippen molar-refractivity contribution in [2.75, 3.05) is 42.5 Å². The molecule has 0 unspecified atom stereocenters. The standard InChI is InChI=1S/C31H38N4O2/c1-2-34-30(37)35(28-15-11-26(12-16-28)25-7-3-4-8-25)29(36)31(34)17-21-32(22-18-31)23-24-9-13-27(14-10-24)33-19-5-6-20-33/h7,9-16H,2-6,8,17-23H2,1H3. The van der Waals surface area contributed by atoms with Gasteiger partial charge in [0.1, 0.15) is 5.54 Å². The molecule has 6 heteroatoms. The molecule has 0 bridgehead atoms. The highest BCUT2D eigenvalue weighted by Crippen LogP contribution is 2.40. The Kier molecular flexibility index (Phi) is 6.53. The number of carbonyl (C=O) groups excluding carboxylic acids is 2. The Morgan fingerprint density at radius 1 is 0.811 bits per heavy atom. The van der Waals surface area contributed by atoms with E-state index in [-0.39, 0.29) is 11.9 Å². The number of anilines is 2. The van der Waals surface area contributed by atoms with Crippen LogP contribution in [0.1, 0.15) is 63.0 Å². The van der Waals surface area contributed by atoms with Crippen molar-refractivity contribution in [1.82, 2.24) is 9.80 Å². The fourth-order valence-electron chi connectivity index (χ4n) is 6.75. The van der Waals surface area contributed by atoms with Gasteiger partial charge in [-0.2, -0.15) is 0 Å². The predicted octanol–water partition coefficient (Wildman–Crippen LogP) is 5.68. The molecule has 3 saturated heterocycles. The van der Waals surface area contributed by atoms with E-state index in [1.165, 1.54) is 46.5 Å². The van der Waals surface area contributed by atoms with Crippen molar-refractivity contribution in [2.45, 2.75) is 64.0 Å². The highest BCUT2D eigenvalue weighted by atomic mass is 16.2. The molecule has 1 aliphatic carbocycles. The monoisotopic (exact) mass is 498 g/mol. The van der Waals surface area contributed by atoms with Gasteiger partial charge >= 0.3 is 6.03 Å². The maximum Gasteiger partial charge on any atom is 0.332 e. The number of carbonyl (C=O) groups is 2. The first kappa shape index (κ1) is 24.2. The molecule has 6 nitrogen and oxygen atoms in total. The topological polar surface area (TPSA) is 47.1 Å². The molecule has 0 aromatic heterocycles. The maximum atomic E-state index is 13.9. The number of urea groups is 1. The summed E-state index contributed by atoms with van der Waals surface area (Å²) in [5, 5.41) is 0. The van der Waals surface area contributed by atoms with E-state index in [4.69, 9.17) is 0 Å². The van der Waals surface area contributed by atoms with Crippen LogP contribution in [-0.2, 0) is 11.3 Å². The normalized spacial score (nSPS) is 22.0. The van der Waals surface area contributed by atoms with E-state index in [1.807, 2.05) is 24.0 Å². The average Bonchev–Trinajstić information content (AvgIpc) is 3.69. The molecule has 3 fully saturated rings. The molecule has 1 spiro atoms. The van der Waals surface area contributed by atoms with Gasteiger partial charge in [0.15, 0.2) is 0 Å². The zero-order valence-corrected chi connectivity index (χ0v) is 22.0. The second-order valence-electron chi connectivity index (χ2n) is 11.0.